The number of hydrogen-bond acceptors (Lipinski definition) is 11. The molecular formula is C52H82ClN3O4S6. The number of unbranched alkanes of at least 4 members (excludes halogenated alkanes) is 18. The van der Waals surface area contributed by atoms with Gasteiger partial charge < -0.3 is 9.47 Å². The Hall–Kier alpha value is -1.44. The number of benzene rings is 2. The fourth-order valence-corrected chi connectivity index (χ4v) is 13.4. The van der Waals surface area contributed by atoms with E-state index in [0.29, 0.717) is 38.2 Å². The summed E-state index contributed by atoms with van der Waals surface area (Å²) in [5.41, 5.74) is 11.8. The molecule has 2 rings (SSSR count). The van der Waals surface area contributed by atoms with Gasteiger partial charge in [-0.1, -0.05) is 231 Å². The van der Waals surface area contributed by atoms with Crippen molar-refractivity contribution in [3.63, 3.8) is 0 Å². The summed E-state index contributed by atoms with van der Waals surface area (Å²) in [6.45, 7) is 13.7. The second-order valence-corrected chi connectivity index (χ2v) is 25.4. The third kappa shape index (κ3) is 33.2. The summed E-state index contributed by atoms with van der Waals surface area (Å²) < 4.78 is 12.5. The smallest absolute Gasteiger partial charge is 0.293 e. The molecule has 2 unspecified atom stereocenters. The SMILES string of the molecule is CCCCCCCCCCCCSC(=S)SC(CC(C)(C)OC=O)c1ccc(CCl)cc1.CCCCCCCCCCCCSC(=S)SC(CC(C)(C)OC=O)c1ccc(CN=[N+]=[N-])cc1. The lowest BCUT2D eigenvalue weighted by atomic mass is 9.97. The minimum absolute atomic E-state index is 0.0798. The van der Waals surface area contributed by atoms with E-state index in [2.05, 4.69) is 48.1 Å². The molecule has 0 bridgehead atoms. The van der Waals surface area contributed by atoms with Crippen LogP contribution in [0.25, 0.3) is 10.4 Å². The van der Waals surface area contributed by atoms with Gasteiger partial charge in [0.2, 0.25) is 0 Å². The molecule has 0 radical (unpaired) electrons. The zero-order chi connectivity index (χ0) is 48.7. The van der Waals surface area contributed by atoms with Crippen molar-refractivity contribution in [3.05, 3.63) is 81.2 Å². The zero-order valence-corrected chi connectivity index (χ0v) is 46.8. The van der Waals surface area contributed by atoms with Crippen molar-refractivity contribution in [2.75, 3.05) is 11.5 Å². The highest BCUT2D eigenvalue weighted by atomic mass is 35.5. The molecule has 0 aromatic heterocycles. The number of carbonyl (C=O) groups is 2. The standard InChI is InChI=1S/C26H41ClO2S3.C26H41N3O2S3/c1-4-5-6-7-8-9-10-11-12-13-18-31-25(30)32-24(19-26(2,3)29-21-28)23-16-14-22(20-27)15-17-23;1-4-5-6-7-8-9-10-11-12-13-18-33-25(32)34-24(19-26(2,3)31-21-30)23-16-14-22(15-17-23)20-28-29-27/h14-17,21,24H,4-13,18-20H2,1-3H3;14-17,21,24H,4-13,18-20H2,1-3H3. The maximum absolute atomic E-state index is 10.9. The van der Waals surface area contributed by atoms with Gasteiger partial charge >= 0.3 is 0 Å². The molecule has 7 nitrogen and oxygen atoms in total. The Morgan fingerprint density at radius 1 is 0.606 bits per heavy atom. The number of thiocarbonyl (C=S) groups is 2. The van der Waals surface area contributed by atoms with Gasteiger partial charge in [-0.05, 0) is 79.8 Å². The number of alkyl halides is 1. The van der Waals surface area contributed by atoms with E-state index in [0.717, 1.165) is 35.3 Å². The van der Waals surface area contributed by atoms with Crippen LogP contribution < -0.4 is 0 Å². The summed E-state index contributed by atoms with van der Waals surface area (Å²) in [5.74, 6) is 2.63. The molecule has 66 heavy (non-hydrogen) atoms. The number of carbonyl (C=O) groups excluding carboxylic acids is 2. The van der Waals surface area contributed by atoms with E-state index >= 15 is 0 Å². The molecule has 2 aromatic carbocycles. The van der Waals surface area contributed by atoms with E-state index in [1.54, 1.807) is 47.0 Å². The topological polar surface area (TPSA) is 101 Å². The molecule has 2 atom stereocenters. The number of halogens is 1. The maximum atomic E-state index is 10.9. The van der Waals surface area contributed by atoms with Gasteiger partial charge in [-0.3, -0.25) is 9.59 Å². The summed E-state index contributed by atoms with van der Waals surface area (Å²) in [5, 5.41) is 3.84. The molecule has 0 fully saturated rings. The third-order valence-electron chi connectivity index (χ3n) is 11.2. The van der Waals surface area contributed by atoms with E-state index in [9.17, 15) is 9.59 Å². The third-order valence-corrected chi connectivity index (χ3v) is 17.3. The fraction of sp³-hybridized carbons (Fsp3) is 0.692. The van der Waals surface area contributed by atoms with E-state index in [1.165, 1.54) is 134 Å². The van der Waals surface area contributed by atoms with E-state index < -0.39 is 11.2 Å². The second kappa shape index (κ2) is 40.3. The van der Waals surface area contributed by atoms with Crippen LogP contribution in [0.3, 0.4) is 0 Å². The van der Waals surface area contributed by atoms with Crippen LogP contribution in [0.4, 0.5) is 0 Å². The second-order valence-electron chi connectivity index (χ2n) is 18.1. The molecule has 0 saturated carbocycles. The molecule has 0 spiro atoms. The van der Waals surface area contributed by atoms with Crippen molar-refractivity contribution in [2.45, 2.75) is 217 Å². The predicted octanol–water partition coefficient (Wildman–Crippen LogP) is 19.0. The molecule has 0 saturated heterocycles. The summed E-state index contributed by atoms with van der Waals surface area (Å²) in [6, 6.07) is 16.4. The van der Waals surface area contributed by atoms with E-state index in [1.807, 2.05) is 52.0 Å². The van der Waals surface area contributed by atoms with E-state index in [4.69, 9.17) is 51.0 Å². The Kier molecular flexibility index (Phi) is 38.2. The average Bonchev–Trinajstić information content (AvgIpc) is 3.29. The number of ether oxygens (including phenoxy) is 2. The van der Waals surface area contributed by atoms with Crippen molar-refractivity contribution < 1.29 is 19.1 Å². The number of rotatable bonds is 37. The Morgan fingerprint density at radius 2 is 0.939 bits per heavy atom. The molecule has 0 heterocycles. The Labute approximate surface area is 433 Å². The minimum Gasteiger partial charge on any atom is -0.462 e. The Bertz CT molecular complexity index is 1630. The largest absolute Gasteiger partial charge is 0.462 e. The lowest BCUT2D eigenvalue weighted by molar-refractivity contribution is -0.141. The lowest BCUT2D eigenvalue weighted by Gasteiger charge is -2.28. The van der Waals surface area contributed by atoms with Crippen molar-refractivity contribution in [1.82, 2.24) is 0 Å². The molecule has 372 valence electrons. The van der Waals surface area contributed by atoms with Crippen LogP contribution in [0.15, 0.2) is 53.6 Å². The first kappa shape index (κ1) is 62.6. The summed E-state index contributed by atoms with van der Waals surface area (Å²) in [4.78, 5) is 24.7. The first-order valence-electron chi connectivity index (χ1n) is 24.5. The molecular weight excluding hydrogens is 958 g/mol. The molecule has 0 aliphatic carbocycles. The number of thioether (sulfide) groups is 4. The zero-order valence-electron chi connectivity index (χ0n) is 41.1. The van der Waals surface area contributed by atoms with Gasteiger partial charge in [0.05, 0.1) is 6.54 Å². The van der Waals surface area contributed by atoms with Gasteiger partial charge in [0.15, 0.2) is 0 Å². The van der Waals surface area contributed by atoms with Gasteiger partial charge in [0.1, 0.15) is 18.3 Å². The van der Waals surface area contributed by atoms with Crippen LogP contribution in [-0.4, -0.2) is 42.7 Å². The minimum atomic E-state index is -0.583. The van der Waals surface area contributed by atoms with Gasteiger partial charge in [-0.2, -0.15) is 0 Å². The van der Waals surface area contributed by atoms with Crippen molar-refractivity contribution in [2.24, 2.45) is 5.11 Å². The van der Waals surface area contributed by atoms with Crippen LogP contribution in [0.1, 0.15) is 216 Å². The summed E-state index contributed by atoms with van der Waals surface area (Å²) >= 11 is 24.3. The van der Waals surface area contributed by atoms with Crippen molar-refractivity contribution >= 4 is 103 Å². The summed E-state index contributed by atoms with van der Waals surface area (Å²) in [6.07, 6.45) is 28.2. The number of azide groups is 1. The van der Waals surface area contributed by atoms with Crippen LogP contribution in [0.5, 0.6) is 0 Å². The predicted molar refractivity (Wildman–Crippen MR) is 301 cm³/mol. The summed E-state index contributed by atoms with van der Waals surface area (Å²) in [7, 11) is 0. The van der Waals surface area contributed by atoms with Crippen LogP contribution in [0, 0.1) is 0 Å². The Morgan fingerprint density at radius 3 is 1.26 bits per heavy atom. The van der Waals surface area contributed by atoms with Gasteiger partial charge in [0.25, 0.3) is 12.9 Å². The molecule has 0 amide bonds. The first-order valence-corrected chi connectivity index (χ1v) is 29.6. The average molecular weight is 1040 g/mol. The molecule has 0 aliphatic heterocycles. The molecule has 0 N–H and O–H groups in total. The maximum Gasteiger partial charge on any atom is 0.293 e. The number of hydrogen-bond donors (Lipinski definition) is 0. The van der Waals surface area contributed by atoms with Crippen LogP contribution >= 0.6 is 83.1 Å². The molecule has 14 heteroatoms. The molecule has 0 aliphatic rings. The van der Waals surface area contributed by atoms with Crippen molar-refractivity contribution in [3.8, 4) is 0 Å². The normalized spacial score (nSPS) is 12.3. The Balaban J connectivity index is 0.000000661. The van der Waals surface area contributed by atoms with Gasteiger partial charge in [-0.25, -0.2) is 0 Å². The van der Waals surface area contributed by atoms with Gasteiger partial charge in [0, 0.05) is 34.1 Å². The van der Waals surface area contributed by atoms with E-state index in [-0.39, 0.29) is 10.5 Å². The quantitative estimate of drug-likeness (QED) is 0.0124. The highest BCUT2D eigenvalue weighted by molar-refractivity contribution is 8.47. The highest BCUT2D eigenvalue weighted by Gasteiger charge is 2.28. The van der Waals surface area contributed by atoms with Crippen LogP contribution in [0.2, 0.25) is 0 Å². The van der Waals surface area contributed by atoms with Gasteiger partial charge in [-0.15, -0.1) is 35.1 Å². The highest BCUT2D eigenvalue weighted by Crippen LogP contribution is 2.42. The lowest BCUT2D eigenvalue weighted by Crippen LogP contribution is -2.26. The molecule has 2 aromatic rings. The first-order chi connectivity index (χ1) is 31.8. The number of nitrogens with zero attached hydrogens (tertiary/aromatic N) is 3. The fourth-order valence-electron chi connectivity index (χ4n) is 7.27. The van der Waals surface area contributed by atoms with Crippen molar-refractivity contribution in [1.29, 1.82) is 0 Å². The monoisotopic (exact) mass is 1040 g/mol. The van der Waals surface area contributed by atoms with Crippen LogP contribution in [-0.2, 0) is 31.5 Å².